The second kappa shape index (κ2) is 8.34. The smallest absolute Gasteiger partial charge is 0.327 e. The summed E-state index contributed by atoms with van der Waals surface area (Å²) in [7, 11) is 0. The predicted molar refractivity (Wildman–Crippen MR) is 87.9 cm³/mol. The molecule has 0 aromatic heterocycles. The Hall–Kier alpha value is -1.14. The molecule has 1 unspecified atom stereocenters. The van der Waals surface area contributed by atoms with Gasteiger partial charge in [-0.15, -0.1) is 0 Å². The van der Waals surface area contributed by atoms with Crippen LogP contribution < -0.4 is 0 Å². The van der Waals surface area contributed by atoms with E-state index in [0.29, 0.717) is 18.1 Å². The molecule has 0 radical (unpaired) electrons. The molecular weight excluding hydrogens is 306 g/mol. The van der Waals surface area contributed by atoms with Crippen LogP contribution >= 0.6 is 23.5 Å². The molecule has 2 rings (SSSR count). The first-order valence-corrected chi connectivity index (χ1v) is 9.21. The van der Waals surface area contributed by atoms with E-state index in [-0.39, 0.29) is 5.91 Å². The SMILES string of the molecule is O=C(O)C1CSCCN1C(=O)CSCCc1ccccc1. The van der Waals surface area contributed by atoms with Crippen LogP contribution in [0.4, 0.5) is 0 Å². The average Bonchev–Trinajstić information content (AvgIpc) is 2.52. The highest BCUT2D eigenvalue weighted by Gasteiger charge is 2.31. The number of aliphatic carboxylic acids is 1. The van der Waals surface area contributed by atoms with Gasteiger partial charge in [0.25, 0.3) is 0 Å². The Bertz CT molecular complexity index is 481. The van der Waals surface area contributed by atoms with Gasteiger partial charge in [-0.25, -0.2) is 4.79 Å². The minimum atomic E-state index is -0.898. The molecule has 1 aliphatic rings. The first-order valence-electron chi connectivity index (χ1n) is 6.90. The summed E-state index contributed by atoms with van der Waals surface area (Å²) >= 11 is 3.17. The number of amides is 1. The summed E-state index contributed by atoms with van der Waals surface area (Å²) in [6.45, 7) is 0.541. The summed E-state index contributed by atoms with van der Waals surface area (Å²) in [5, 5.41) is 9.16. The van der Waals surface area contributed by atoms with Gasteiger partial charge in [-0.3, -0.25) is 4.79 Å². The van der Waals surface area contributed by atoms with Crippen LogP contribution in [0.1, 0.15) is 5.56 Å². The van der Waals surface area contributed by atoms with Crippen molar-refractivity contribution in [3.8, 4) is 0 Å². The van der Waals surface area contributed by atoms with Crippen LogP contribution in [0.3, 0.4) is 0 Å². The van der Waals surface area contributed by atoms with Gasteiger partial charge >= 0.3 is 5.97 Å². The first-order chi connectivity index (χ1) is 10.2. The normalized spacial score (nSPS) is 18.5. The molecule has 1 saturated heterocycles. The predicted octanol–water partition coefficient (Wildman–Crippen LogP) is 1.99. The molecule has 1 amide bonds. The minimum Gasteiger partial charge on any atom is -0.480 e. The lowest BCUT2D eigenvalue weighted by atomic mass is 10.2. The fourth-order valence-corrected chi connectivity index (χ4v) is 4.09. The Morgan fingerprint density at radius 3 is 2.81 bits per heavy atom. The molecule has 1 aromatic rings. The Balaban J connectivity index is 1.74. The highest BCUT2D eigenvalue weighted by Crippen LogP contribution is 2.18. The number of thioether (sulfide) groups is 2. The van der Waals surface area contributed by atoms with Crippen molar-refractivity contribution >= 4 is 35.4 Å². The number of rotatable bonds is 6. The molecule has 1 fully saturated rings. The number of carbonyl (C=O) groups is 2. The van der Waals surface area contributed by atoms with Crippen molar-refractivity contribution in [2.75, 3.05) is 29.6 Å². The molecule has 21 heavy (non-hydrogen) atoms. The van der Waals surface area contributed by atoms with Crippen LogP contribution in [0.25, 0.3) is 0 Å². The van der Waals surface area contributed by atoms with Crippen molar-refractivity contribution in [2.24, 2.45) is 0 Å². The van der Waals surface area contributed by atoms with Crippen LogP contribution in [0.2, 0.25) is 0 Å². The zero-order valence-electron chi connectivity index (χ0n) is 11.7. The van der Waals surface area contributed by atoms with Crippen molar-refractivity contribution in [2.45, 2.75) is 12.5 Å². The third-order valence-electron chi connectivity index (χ3n) is 3.34. The van der Waals surface area contributed by atoms with Gasteiger partial charge in [-0.2, -0.15) is 23.5 Å². The number of carbonyl (C=O) groups excluding carboxylic acids is 1. The molecule has 6 heteroatoms. The molecular formula is C15H19NO3S2. The van der Waals surface area contributed by atoms with E-state index in [1.54, 1.807) is 23.5 Å². The Labute approximate surface area is 133 Å². The number of carboxylic acid groups (broad SMARTS) is 1. The number of aryl methyl sites for hydroxylation is 1. The molecule has 1 N–H and O–H groups in total. The fourth-order valence-electron chi connectivity index (χ4n) is 2.18. The summed E-state index contributed by atoms with van der Waals surface area (Å²) in [6, 6.07) is 9.49. The molecule has 1 aliphatic heterocycles. The van der Waals surface area contributed by atoms with Gasteiger partial charge in [0.05, 0.1) is 5.75 Å². The molecule has 114 valence electrons. The summed E-state index contributed by atoms with van der Waals surface area (Å²) in [5.41, 5.74) is 1.26. The minimum absolute atomic E-state index is 0.0549. The lowest BCUT2D eigenvalue weighted by Gasteiger charge is -2.32. The molecule has 1 heterocycles. The molecule has 1 atom stereocenters. The lowest BCUT2D eigenvalue weighted by molar-refractivity contribution is -0.148. The maximum absolute atomic E-state index is 12.2. The number of hydrogen-bond donors (Lipinski definition) is 1. The summed E-state index contributed by atoms with van der Waals surface area (Å²) < 4.78 is 0. The molecule has 1 aromatic carbocycles. The van der Waals surface area contributed by atoms with Gasteiger partial charge in [-0.05, 0) is 17.7 Å². The Morgan fingerprint density at radius 2 is 2.10 bits per heavy atom. The van der Waals surface area contributed by atoms with Crippen LogP contribution in [0, 0.1) is 0 Å². The maximum Gasteiger partial charge on any atom is 0.327 e. The van der Waals surface area contributed by atoms with E-state index in [4.69, 9.17) is 5.11 Å². The van der Waals surface area contributed by atoms with Crippen LogP contribution in [0.15, 0.2) is 30.3 Å². The fraction of sp³-hybridized carbons (Fsp3) is 0.467. The zero-order chi connectivity index (χ0) is 15.1. The Kier molecular flexibility index (Phi) is 6.45. The highest BCUT2D eigenvalue weighted by molar-refractivity contribution is 8.00. The number of benzene rings is 1. The van der Waals surface area contributed by atoms with Crippen LogP contribution in [0.5, 0.6) is 0 Å². The quantitative estimate of drug-likeness (QED) is 0.811. The molecule has 0 bridgehead atoms. The molecule has 0 spiro atoms. The Morgan fingerprint density at radius 1 is 1.33 bits per heavy atom. The average molecular weight is 325 g/mol. The van der Waals surface area contributed by atoms with E-state index in [0.717, 1.165) is 17.9 Å². The van der Waals surface area contributed by atoms with Crippen molar-refractivity contribution in [3.05, 3.63) is 35.9 Å². The maximum atomic E-state index is 12.2. The second-order valence-electron chi connectivity index (χ2n) is 4.80. The van der Waals surface area contributed by atoms with E-state index >= 15 is 0 Å². The monoisotopic (exact) mass is 325 g/mol. The van der Waals surface area contributed by atoms with Crippen LogP contribution in [-0.2, 0) is 16.0 Å². The van der Waals surface area contributed by atoms with Crippen molar-refractivity contribution in [3.63, 3.8) is 0 Å². The number of carboxylic acids is 1. The summed E-state index contributed by atoms with van der Waals surface area (Å²) in [5.74, 6) is 1.60. The van der Waals surface area contributed by atoms with Crippen LogP contribution in [-0.4, -0.2) is 57.5 Å². The third kappa shape index (κ3) is 4.97. The topological polar surface area (TPSA) is 57.6 Å². The van der Waals surface area contributed by atoms with E-state index < -0.39 is 12.0 Å². The summed E-state index contributed by atoms with van der Waals surface area (Å²) in [4.78, 5) is 24.8. The van der Waals surface area contributed by atoms with E-state index in [2.05, 4.69) is 12.1 Å². The van der Waals surface area contributed by atoms with E-state index in [1.807, 2.05) is 18.2 Å². The molecule has 0 aliphatic carbocycles. The van der Waals surface area contributed by atoms with E-state index in [1.165, 1.54) is 10.5 Å². The van der Waals surface area contributed by atoms with Gasteiger partial charge in [0.2, 0.25) is 5.91 Å². The van der Waals surface area contributed by atoms with Crippen molar-refractivity contribution in [1.82, 2.24) is 4.90 Å². The standard InChI is InChI=1S/C15H19NO3S2/c17-14(16-7-9-21-10-13(16)15(18)19)11-20-8-6-12-4-2-1-3-5-12/h1-5,13H,6-11H2,(H,18,19). The molecule has 4 nitrogen and oxygen atoms in total. The second-order valence-corrected chi connectivity index (χ2v) is 7.06. The number of nitrogens with zero attached hydrogens (tertiary/aromatic N) is 1. The van der Waals surface area contributed by atoms with Gasteiger partial charge in [0.1, 0.15) is 6.04 Å². The molecule has 0 saturated carbocycles. The lowest BCUT2D eigenvalue weighted by Crippen LogP contribution is -2.51. The zero-order valence-corrected chi connectivity index (χ0v) is 13.4. The van der Waals surface area contributed by atoms with E-state index in [9.17, 15) is 9.59 Å². The van der Waals surface area contributed by atoms with Gasteiger partial charge in [-0.1, -0.05) is 30.3 Å². The van der Waals surface area contributed by atoms with Gasteiger partial charge < -0.3 is 10.0 Å². The highest BCUT2D eigenvalue weighted by atomic mass is 32.2. The number of hydrogen-bond acceptors (Lipinski definition) is 4. The van der Waals surface area contributed by atoms with Gasteiger partial charge in [0, 0.05) is 18.1 Å². The largest absolute Gasteiger partial charge is 0.480 e. The van der Waals surface area contributed by atoms with Gasteiger partial charge in [0.15, 0.2) is 0 Å². The van der Waals surface area contributed by atoms with Crippen molar-refractivity contribution < 1.29 is 14.7 Å². The third-order valence-corrected chi connectivity index (χ3v) is 5.30. The van der Waals surface area contributed by atoms with Crippen molar-refractivity contribution in [1.29, 1.82) is 0 Å². The first kappa shape index (κ1) is 16.2. The summed E-state index contributed by atoms with van der Waals surface area (Å²) in [6.07, 6.45) is 0.928.